The zero-order valence-corrected chi connectivity index (χ0v) is 27.5. The smallest absolute Gasteiger partial charge is 0.328 e. The number of aryl methyl sites for hydroxylation is 1. The van der Waals surface area contributed by atoms with Crippen LogP contribution in [0.2, 0.25) is 5.02 Å². The van der Waals surface area contributed by atoms with Crippen molar-refractivity contribution in [3.63, 3.8) is 0 Å². The summed E-state index contributed by atoms with van der Waals surface area (Å²) in [5, 5.41) is 9.53. The molecule has 0 spiro atoms. The number of allylic oxidation sites excluding steroid dienone is 1. The van der Waals surface area contributed by atoms with Crippen LogP contribution in [0, 0.1) is 11.6 Å². The summed E-state index contributed by atoms with van der Waals surface area (Å²) in [6.07, 6.45) is 6.38. The first kappa shape index (κ1) is 33.2. The van der Waals surface area contributed by atoms with Gasteiger partial charge in [0, 0.05) is 42.5 Å². The number of hydrogen-bond acceptors (Lipinski definition) is 6. The summed E-state index contributed by atoms with van der Waals surface area (Å²) in [7, 11) is 0. The number of ether oxygens (including phenoxy) is 2. The molecule has 0 amide bonds. The van der Waals surface area contributed by atoms with Crippen LogP contribution in [0.5, 0.6) is 11.5 Å². The molecule has 0 bridgehead atoms. The number of carboxylic acids is 1. The van der Waals surface area contributed by atoms with Gasteiger partial charge in [-0.3, -0.25) is 4.90 Å². The molecule has 6 rings (SSSR count). The van der Waals surface area contributed by atoms with Crippen LogP contribution in [0.25, 0.3) is 16.6 Å². The van der Waals surface area contributed by atoms with Crippen molar-refractivity contribution in [3.05, 3.63) is 112 Å². The van der Waals surface area contributed by atoms with E-state index in [1.54, 1.807) is 19.1 Å². The van der Waals surface area contributed by atoms with Crippen molar-refractivity contribution in [1.82, 2.24) is 24.0 Å². The SMILES string of the molecule is CCn1cncc1Cn1c(CN2CCC(Oc3ccc(F)c(COc4ccc(Cl)cc4F)c3)CC2)nc2ccc(/C(C)=C/C(=O)O)cc21. The second-order valence-corrected chi connectivity index (χ2v) is 12.3. The van der Waals surface area contributed by atoms with Gasteiger partial charge < -0.3 is 23.7 Å². The van der Waals surface area contributed by atoms with Gasteiger partial charge in [-0.1, -0.05) is 17.7 Å². The van der Waals surface area contributed by atoms with E-state index in [-0.39, 0.29) is 29.0 Å². The molecule has 9 nitrogen and oxygen atoms in total. The Labute approximate surface area is 282 Å². The lowest BCUT2D eigenvalue weighted by molar-refractivity contribution is -0.131. The number of likely N-dealkylation sites (tertiary alicyclic amines) is 1. The number of imidazole rings is 2. The first-order valence-electron chi connectivity index (χ1n) is 15.8. The van der Waals surface area contributed by atoms with Crippen molar-refractivity contribution in [3.8, 4) is 11.5 Å². The monoisotopic (exact) mass is 675 g/mol. The zero-order valence-electron chi connectivity index (χ0n) is 26.7. The lowest BCUT2D eigenvalue weighted by Gasteiger charge is -2.32. The van der Waals surface area contributed by atoms with Crippen LogP contribution >= 0.6 is 11.6 Å². The lowest BCUT2D eigenvalue weighted by Crippen LogP contribution is -2.38. The van der Waals surface area contributed by atoms with E-state index in [1.807, 2.05) is 30.7 Å². The molecule has 250 valence electrons. The van der Waals surface area contributed by atoms with Gasteiger partial charge in [-0.15, -0.1) is 0 Å². The quantitative estimate of drug-likeness (QED) is 0.138. The molecule has 1 fully saturated rings. The molecule has 2 aromatic heterocycles. The molecule has 12 heteroatoms. The Morgan fingerprint density at radius 3 is 2.62 bits per heavy atom. The summed E-state index contributed by atoms with van der Waals surface area (Å²) in [5.41, 5.74) is 4.57. The highest BCUT2D eigenvalue weighted by molar-refractivity contribution is 6.30. The van der Waals surface area contributed by atoms with Crippen LogP contribution < -0.4 is 9.47 Å². The molecule has 0 atom stereocenters. The molecule has 3 aromatic carbocycles. The number of aromatic nitrogens is 4. The van der Waals surface area contributed by atoms with Crippen LogP contribution in [-0.4, -0.2) is 54.3 Å². The summed E-state index contributed by atoms with van der Waals surface area (Å²) >= 11 is 5.81. The topological polar surface area (TPSA) is 94.6 Å². The van der Waals surface area contributed by atoms with Crippen LogP contribution in [-0.2, 0) is 31.0 Å². The molecule has 0 radical (unpaired) electrons. The maximum Gasteiger partial charge on any atom is 0.328 e. The number of piperidine rings is 1. The van der Waals surface area contributed by atoms with Gasteiger partial charge in [0.2, 0.25) is 0 Å². The highest BCUT2D eigenvalue weighted by Crippen LogP contribution is 2.28. The minimum Gasteiger partial charge on any atom is -0.490 e. The first-order valence-corrected chi connectivity index (χ1v) is 16.2. The molecule has 1 saturated heterocycles. The molecule has 5 aromatic rings. The minimum absolute atomic E-state index is 0.00686. The van der Waals surface area contributed by atoms with E-state index in [0.29, 0.717) is 24.4 Å². The van der Waals surface area contributed by atoms with Gasteiger partial charge in [0.1, 0.15) is 30.1 Å². The number of hydrogen-bond donors (Lipinski definition) is 1. The number of rotatable bonds is 12. The molecule has 1 aliphatic rings. The van der Waals surface area contributed by atoms with E-state index in [4.69, 9.17) is 26.1 Å². The van der Waals surface area contributed by atoms with E-state index in [0.717, 1.165) is 66.7 Å². The zero-order chi connectivity index (χ0) is 33.8. The number of nitrogens with zero attached hydrogens (tertiary/aromatic N) is 5. The van der Waals surface area contributed by atoms with Crippen LogP contribution in [0.3, 0.4) is 0 Å². The molecule has 1 N–H and O–H groups in total. The summed E-state index contributed by atoms with van der Waals surface area (Å²) in [4.78, 5) is 23.0. The van der Waals surface area contributed by atoms with Gasteiger partial charge in [0.05, 0.1) is 36.1 Å². The third kappa shape index (κ3) is 7.69. The Morgan fingerprint density at radius 1 is 1.06 bits per heavy atom. The number of fused-ring (bicyclic) bond motifs is 1. The molecular formula is C36H36ClF2N5O4. The van der Waals surface area contributed by atoms with E-state index < -0.39 is 17.6 Å². The third-order valence-electron chi connectivity index (χ3n) is 8.58. The maximum atomic E-state index is 14.6. The number of aliphatic carboxylic acids is 1. The predicted molar refractivity (Wildman–Crippen MR) is 179 cm³/mol. The number of benzene rings is 3. The maximum absolute atomic E-state index is 14.6. The molecule has 0 unspecified atom stereocenters. The predicted octanol–water partition coefficient (Wildman–Crippen LogP) is 7.34. The van der Waals surface area contributed by atoms with E-state index in [9.17, 15) is 18.7 Å². The van der Waals surface area contributed by atoms with Gasteiger partial charge in [0.15, 0.2) is 11.6 Å². The molecule has 0 saturated carbocycles. The highest BCUT2D eigenvalue weighted by Gasteiger charge is 2.24. The Kier molecular flexibility index (Phi) is 10.1. The number of carbonyl (C=O) groups is 1. The van der Waals surface area contributed by atoms with Crippen LogP contribution in [0.4, 0.5) is 8.78 Å². The first-order chi connectivity index (χ1) is 23.2. The molecule has 3 heterocycles. The summed E-state index contributed by atoms with van der Waals surface area (Å²) < 4.78 is 44.7. The van der Waals surface area contributed by atoms with Crippen molar-refractivity contribution in [2.45, 2.75) is 59.0 Å². The fourth-order valence-electron chi connectivity index (χ4n) is 5.97. The highest BCUT2D eigenvalue weighted by atomic mass is 35.5. The van der Waals surface area contributed by atoms with Crippen molar-refractivity contribution < 1.29 is 28.2 Å². The number of halogens is 3. The Bertz CT molecular complexity index is 1970. The Balaban J connectivity index is 1.14. The summed E-state index contributed by atoms with van der Waals surface area (Å²) in [6, 6.07) is 14.4. The average molecular weight is 676 g/mol. The van der Waals surface area contributed by atoms with E-state index in [1.165, 1.54) is 24.3 Å². The summed E-state index contributed by atoms with van der Waals surface area (Å²) in [5.74, 6) is -0.629. The van der Waals surface area contributed by atoms with Crippen molar-refractivity contribution in [1.29, 1.82) is 0 Å². The lowest BCUT2D eigenvalue weighted by atomic mass is 10.1. The van der Waals surface area contributed by atoms with Gasteiger partial charge in [-0.2, -0.15) is 0 Å². The van der Waals surface area contributed by atoms with Gasteiger partial charge in [-0.25, -0.2) is 23.5 Å². The van der Waals surface area contributed by atoms with Gasteiger partial charge >= 0.3 is 5.97 Å². The minimum atomic E-state index is -0.985. The third-order valence-corrected chi connectivity index (χ3v) is 8.81. The molecule has 48 heavy (non-hydrogen) atoms. The molecule has 0 aliphatic carbocycles. The van der Waals surface area contributed by atoms with Crippen LogP contribution in [0.1, 0.15) is 49.3 Å². The van der Waals surface area contributed by atoms with Gasteiger partial charge in [-0.05, 0) is 86.4 Å². The van der Waals surface area contributed by atoms with Crippen molar-refractivity contribution in [2.75, 3.05) is 13.1 Å². The number of carboxylic acid groups (broad SMARTS) is 1. The Hall–Kier alpha value is -4.74. The fourth-order valence-corrected chi connectivity index (χ4v) is 6.13. The second kappa shape index (κ2) is 14.6. The van der Waals surface area contributed by atoms with E-state index >= 15 is 0 Å². The second-order valence-electron chi connectivity index (χ2n) is 11.9. The van der Waals surface area contributed by atoms with Gasteiger partial charge in [0.25, 0.3) is 0 Å². The summed E-state index contributed by atoms with van der Waals surface area (Å²) in [6.45, 7) is 7.26. The Morgan fingerprint density at radius 2 is 1.88 bits per heavy atom. The standard InChI is InChI=1S/C36H36ClF2N5O4/c1-3-43-22-40-18-27(43)19-44-33-16-24(23(2)14-36(45)46)4-8-32(33)41-35(44)20-42-12-10-28(11-13-42)48-29-6-7-30(38)25(15-29)21-47-34-9-5-26(37)17-31(34)39/h4-9,14-18,22,28H,3,10-13,19-21H2,1-2H3,(H,45,46)/b23-14+. The largest absolute Gasteiger partial charge is 0.490 e. The van der Waals surface area contributed by atoms with Crippen molar-refractivity contribution in [2.24, 2.45) is 0 Å². The van der Waals surface area contributed by atoms with Crippen molar-refractivity contribution >= 4 is 34.2 Å². The van der Waals surface area contributed by atoms with Crippen LogP contribution in [0.15, 0.2) is 73.2 Å². The van der Waals surface area contributed by atoms with E-state index in [2.05, 4.69) is 25.9 Å². The molecule has 1 aliphatic heterocycles. The normalized spacial score (nSPS) is 14.5. The molecular weight excluding hydrogens is 640 g/mol. The average Bonchev–Trinajstić information content (AvgIpc) is 3.66. The fraction of sp³-hybridized carbons (Fsp3) is 0.306.